The molecule has 0 radical (unpaired) electrons. The molecule has 1 aromatic carbocycles. The van der Waals surface area contributed by atoms with Crippen molar-refractivity contribution in [3.63, 3.8) is 0 Å². The Morgan fingerprint density at radius 3 is 2.80 bits per heavy atom. The van der Waals surface area contributed by atoms with Gasteiger partial charge >= 0.3 is 0 Å². The Balaban J connectivity index is 2.32. The van der Waals surface area contributed by atoms with Crippen LogP contribution in [0.2, 0.25) is 0 Å². The average Bonchev–Trinajstić information content (AvgIpc) is 2.61. The van der Waals surface area contributed by atoms with Crippen LogP contribution in [0.5, 0.6) is 0 Å². The molecule has 0 aliphatic heterocycles. The fourth-order valence-corrected chi connectivity index (χ4v) is 2.18. The van der Waals surface area contributed by atoms with E-state index in [0.29, 0.717) is 6.42 Å². The zero-order valence-electron chi connectivity index (χ0n) is 7.81. The van der Waals surface area contributed by atoms with Gasteiger partial charge in [0.25, 0.3) is 0 Å². The molecule has 0 saturated heterocycles. The third-order valence-corrected chi connectivity index (χ3v) is 3.33. The minimum absolute atomic E-state index is 0.0750. The molecule has 2 aromatic rings. The minimum Gasteiger partial charge on any atom is -0.464 e. The maximum atomic E-state index is 10.8. The molecule has 0 aliphatic carbocycles. The van der Waals surface area contributed by atoms with E-state index >= 15 is 0 Å². The number of benzene rings is 1. The van der Waals surface area contributed by atoms with Crippen molar-refractivity contribution < 1.29 is 12.8 Å². The first-order valence-corrected chi connectivity index (χ1v) is 6.91. The summed E-state index contributed by atoms with van der Waals surface area (Å²) >= 11 is 0. The summed E-state index contributed by atoms with van der Waals surface area (Å²) in [4.78, 5) is 0. The van der Waals surface area contributed by atoms with Gasteiger partial charge in [-0.3, -0.25) is 0 Å². The summed E-state index contributed by atoms with van der Waals surface area (Å²) in [6, 6.07) is 7.47. The second-order valence-corrected chi connectivity index (χ2v) is 6.15. The van der Waals surface area contributed by atoms with Gasteiger partial charge in [-0.25, -0.2) is 8.42 Å². The molecule has 80 valence electrons. The molecule has 0 atom stereocenters. The third-order valence-electron chi connectivity index (χ3n) is 2.18. The van der Waals surface area contributed by atoms with Crippen LogP contribution in [0.3, 0.4) is 0 Å². The second kappa shape index (κ2) is 3.87. The summed E-state index contributed by atoms with van der Waals surface area (Å²) < 4.78 is 26.9. The number of rotatable bonds is 3. The zero-order chi connectivity index (χ0) is 10.9. The van der Waals surface area contributed by atoms with Crippen LogP contribution in [0.15, 0.2) is 34.9 Å². The lowest BCUT2D eigenvalue weighted by Crippen LogP contribution is -2.01. The summed E-state index contributed by atoms with van der Waals surface area (Å²) in [5.41, 5.74) is 1.60. The highest BCUT2D eigenvalue weighted by atomic mass is 35.7. The van der Waals surface area contributed by atoms with Gasteiger partial charge in [-0.2, -0.15) is 0 Å². The lowest BCUT2D eigenvalue weighted by atomic mass is 10.1. The van der Waals surface area contributed by atoms with Crippen LogP contribution in [0.1, 0.15) is 5.56 Å². The van der Waals surface area contributed by atoms with Gasteiger partial charge in [-0.15, -0.1) is 0 Å². The van der Waals surface area contributed by atoms with Crippen molar-refractivity contribution in [2.75, 3.05) is 5.75 Å². The van der Waals surface area contributed by atoms with Gasteiger partial charge in [0.2, 0.25) is 9.05 Å². The topological polar surface area (TPSA) is 47.3 Å². The van der Waals surface area contributed by atoms with Gasteiger partial charge in [0.1, 0.15) is 5.58 Å². The first kappa shape index (κ1) is 10.5. The molecule has 0 bridgehead atoms. The van der Waals surface area contributed by atoms with Crippen LogP contribution < -0.4 is 0 Å². The number of fused-ring (bicyclic) bond motifs is 1. The largest absolute Gasteiger partial charge is 0.464 e. The fourth-order valence-electron chi connectivity index (χ4n) is 1.48. The van der Waals surface area contributed by atoms with Crippen molar-refractivity contribution in [1.29, 1.82) is 0 Å². The van der Waals surface area contributed by atoms with Gasteiger partial charge in [-0.1, -0.05) is 18.2 Å². The highest BCUT2D eigenvalue weighted by Gasteiger charge is 2.09. The standard InChI is InChI=1S/C10H9ClO3S/c11-15(12,13)7-5-9-3-1-2-8-4-6-14-10(8)9/h1-4,6H,5,7H2. The van der Waals surface area contributed by atoms with Crippen molar-refractivity contribution >= 4 is 30.7 Å². The fraction of sp³-hybridized carbons (Fsp3) is 0.200. The number of para-hydroxylation sites is 1. The van der Waals surface area contributed by atoms with Crippen LogP contribution in [0, 0.1) is 0 Å². The van der Waals surface area contributed by atoms with E-state index in [-0.39, 0.29) is 5.75 Å². The van der Waals surface area contributed by atoms with E-state index in [4.69, 9.17) is 15.1 Å². The molecule has 1 aromatic heterocycles. The Morgan fingerprint density at radius 2 is 2.07 bits per heavy atom. The highest BCUT2D eigenvalue weighted by Crippen LogP contribution is 2.20. The Morgan fingerprint density at radius 1 is 1.27 bits per heavy atom. The van der Waals surface area contributed by atoms with E-state index in [1.807, 2.05) is 24.3 Å². The highest BCUT2D eigenvalue weighted by molar-refractivity contribution is 8.13. The SMILES string of the molecule is O=S(=O)(Cl)CCc1cccc2ccoc12. The lowest BCUT2D eigenvalue weighted by molar-refractivity contribution is 0.605. The van der Waals surface area contributed by atoms with Crippen molar-refractivity contribution in [2.24, 2.45) is 0 Å². The van der Waals surface area contributed by atoms with E-state index in [1.165, 1.54) is 0 Å². The Hall–Kier alpha value is -1.00. The molecule has 5 heteroatoms. The van der Waals surface area contributed by atoms with Crippen LogP contribution in [0.4, 0.5) is 0 Å². The first-order chi connectivity index (χ1) is 7.06. The van der Waals surface area contributed by atoms with Crippen molar-refractivity contribution in [2.45, 2.75) is 6.42 Å². The van der Waals surface area contributed by atoms with E-state index in [2.05, 4.69) is 0 Å². The molecule has 15 heavy (non-hydrogen) atoms. The van der Waals surface area contributed by atoms with Crippen LogP contribution in [-0.4, -0.2) is 14.2 Å². The van der Waals surface area contributed by atoms with Gasteiger partial charge < -0.3 is 4.42 Å². The monoisotopic (exact) mass is 244 g/mol. The number of hydrogen-bond donors (Lipinski definition) is 0. The molecule has 0 spiro atoms. The molecule has 0 aliphatic rings. The van der Waals surface area contributed by atoms with E-state index in [9.17, 15) is 8.42 Å². The second-order valence-electron chi connectivity index (χ2n) is 3.25. The number of aryl methyl sites for hydroxylation is 1. The summed E-state index contributed by atoms with van der Waals surface area (Å²) in [6.07, 6.45) is 1.96. The Labute approximate surface area is 92.1 Å². The summed E-state index contributed by atoms with van der Waals surface area (Å²) in [5.74, 6) is -0.0750. The molecule has 0 fully saturated rings. The predicted molar refractivity (Wildman–Crippen MR) is 59.6 cm³/mol. The van der Waals surface area contributed by atoms with Crippen molar-refractivity contribution in [3.05, 3.63) is 36.1 Å². The average molecular weight is 245 g/mol. The van der Waals surface area contributed by atoms with Crippen LogP contribution in [-0.2, 0) is 15.5 Å². The Bertz CT molecular complexity index is 571. The summed E-state index contributed by atoms with van der Waals surface area (Å²) in [6.45, 7) is 0. The number of furan rings is 1. The third kappa shape index (κ3) is 2.52. The molecule has 0 saturated carbocycles. The van der Waals surface area contributed by atoms with Gasteiger partial charge in [0.05, 0.1) is 12.0 Å². The van der Waals surface area contributed by atoms with E-state index in [0.717, 1.165) is 16.5 Å². The molecule has 2 rings (SSSR count). The minimum atomic E-state index is -3.44. The normalized spacial score (nSPS) is 12.1. The molecule has 3 nitrogen and oxygen atoms in total. The molecular formula is C10H9ClO3S. The van der Waals surface area contributed by atoms with Gasteiger partial charge in [-0.05, 0) is 18.1 Å². The smallest absolute Gasteiger partial charge is 0.232 e. The summed E-state index contributed by atoms with van der Waals surface area (Å²) in [7, 11) is 1.71. The van der Waals surface area contributed by atoms with Gasteiger partial charge in [0.15, 0.2) is 0 Å². The van der Waals surface area contributed by atoms with E-state index in [1.54, 1.807) is 6.26 Å². The Kier molecular flexibility index (Phi) is 2.71. The number of hydrogen-bond acceptors (Lipinski definition) is 3. The first-order valence-electron chi connectivity index (χ1n) is 4.44. The quantitative estimate of drug-likeness (QED) is 0.780. The predicted octanol–water partition coefficient (Wildman–Crippen LogP) is 2.54. The maximum absolute atomic E-state index is 10.8. The molecule has 0 unspecified atom stereocenters. The van der Waals surface area contributed by atoms with Crippen molar-refractivity contribution in [3.8, 4) is 0 Å². The molecule has 1 heterocycles. The van der Waals surface area contributed by atoms with Crippen LogP contribution in [0.25, 0.3) is 11.0 Å². The molecule has 0 amide bonds. The van der Waals surface area contributed by atoms with E-state index < -0.39 is 9.05 Å². The molecule has 0 N–H and O–H groups in total. The van der Waals surface area contributed by atoms with Gasteiger partial charge in [0, 0.05) is 16.1 Å². The zero-order valence-corrected chi connectivity index (χ0v) is 9.38. The lowest BCUT2D eigenvalue weighted by Gasteiger charge is -1.99. The molecular weight excluding hydrogens is 236 g/mol. The maximum Gasteiger partial charge on any atom is 0.232 e. The van der Waals surface area contributed by atoms with Crippen molar-refractivity contribution in [1.82, 2.24) is 0 Å². The summed E-state index contributed by atoms with van der Waals surface area (Å²) in [5, 5.41) is 0.972. The van der Waals surface area contributed by atoms with Crippen LogP contribution >= 0.6 is 10.7 Å². The number of halogens is 1.